The Kier molecular flexibility index (Phi) is 5.33. The highest BCUT2D eigenvalue weighted by Gasteiger charge is 2.34. The Labute approximate surface area is 159 Å². The Morgan fingerprint density at radius 1 is 1.11 bits per heavy atom. The monoisotopic (exact) mass is 369 g/mol. The highest BCUT2D eigenvalue weighted by Crippen LogP contribution is 2.24. The number of aromatic nitrogens is 4. The number of piperidine rings is 1. The van der Waals surface area contributed by atoms with E-state index in [1.807, 2.05) is 0 Å². The third-order valence-corrected chi connectivity index (χ3v) is 5.64. The maximum absolute atomic E-state index is 12.1. The van der Waals surface area contributed by atoms with Gasteiger partial charge in [0.2, 0.25) is 5.91 Å². The number of nitrogens with zero attached hydrogens (tertiary/aromatic N) is 5. The summed E-state index contributed by atoms with van der Waals surface area (Å²) >= 11 is 0. The highest BCUT2D eigenvalue weighted by molar-refractivity contribution is 5.76. The molecule has 4 rings (SSSR count). The molecule has 1 amide bonds. The zero-order chi connectivity index (χ0) is 18.6. The standard InChI is InChI=1S/C19H27N7O/c1-14-2-4-16(5-3-14)25-10-8-15(9-11-25)22-17-6-7-18(17)23-19(27)12-26-21-13-20-24-26/h2-5,13,15,17-18,22H,6-12H2,1H3,(H,23,27)/t17-,18+/m1/s1. The van der Waals surface area contributed by atoms with Crippen LogP contribution in [-0.4, -0.2) is 57.3 Å². The summed E-state index contributed by atoms with van der Waals surface area (Å²) in [6.45, 7) is 4.39. The van der Waals surface area contributed by atoms with Crippen molar-refractivity contribution in [3.8, 4) is 0 Å². The molecule has 1 saturated carbocycles. The number of hydrogen-bond donors (Lipinski definition) is 2. The van der Waals surface area contributed by atoms with Gasteiger partial charge in [0.05, 0.1) is 0 Å². The van der Waals surface area contributed by atoms with Gasteiger partial charge in [0.25, 0.3) is 0 Å². The van der Waals surface area contributed by atoms with Crippen LogP contribution in [0, 0.1) is 6.92 Å². The topological polar surface area (TPSA) is 88.0 Å². The van der Waals surface area contributed by atoms with Crippen LogP contribution in [0.2, 0.25) is 0 Å². The van der Waals surface area contributed by atoms with Crippen molar-refractivity contribution >= 4 is 11.6 Å². The zero-order valence-corrected chi connectivity index (χ0v) is 15.7. The predicted molar refractivity (Wildman–Crippen MR) is 102 cm³/mol. The minimum absolute atomic E-state index is 0.0568. The molecule has 0 spiro atoms. The van der Waals surface area contributed by atoms with Crippen LogP contribution in [-0.2, 0) is 11.3 Å². The number of rotatable bonds is 6. The number of amides is 1. The first-order valence-corrected chi connectivity index (χ1v) is 9.75. The zero-order valence-electron chi connectivity index (χ0n) is 15.7. The van der Waals surface area contributed by atoms with Gasteiger partial charge in [-0.2, -0.15) is 4.80 Å². The van der Waals surface area contributed by atoms with Crippen molar-refractivity contribution in [2.45, 2.75) is 57.3 Å². The van der Waals surface area contributed by atoms with Gasteiger partial charge in [-0.15, -0.1) is 10.2 Å². The molecular formula is C19H27N7O. The van der Waals surface area contributed by atoms with Crippen molar-refractivity contribution < 1.29 is 4.79 Å². The molecule has 2 atom stereocenters. The molecule has 8 heteroatoms. The van der Waals surface area contributed by atoms with Crippen molar-refractivity contribution in [3.05, 3.63) is 36.2 Å². The van der Waals surface area contributed by atoms with Crippen LogP contribution < -0.4 is 15.5 Å². The second-order valence-corrected chi connectivity index (χ2v) is 7.59. The molecule has 2 aromatic rings. The van der Waals surface area contributed by atoms with Gasteiger partial charge in [0, 0.05) is 36.9 Å². The molecule has 8 nitrogen and oxygen atoms in total. The molecule has 1 saturated heterocycles. The smallest absolute Gasteiger partial charge is 0.243 e. The van der Waals surface area contributed by atoms with Crippen molar-refractivity contribution in [3.63, 3.8) is 0 Å². The highest BCUT2D eigenvalue weighted by atomic mass is 16.2. The number of carbonyl (C=O) groups is 1. The summed E-state index contributed by atoms with van der Waals surface area (Å²) in [6, 6.07) is 9.87. The lowest BCUT2D eigenvalue weighted by molar-refractivity contribution is -0.123. The third-order valence-electron chi connectivity index (χ3n) is 5.64. The fourth-order valence-electron chi connectivity index (χ4n) is 3.88. The van der Waals surface area contributed by atoms with E-state index in [4.69, 9.17) is 0 Å². The number of aryl methyl sites for hydroxylation is 1. The molecule has 2 heterocycles. The van der Waals surface area contributed by atoms with E-state index in [2.05, 4.69) is 62.1 Å². The Morgan fingerprint density at radius 2 is 1.85 bits per heavy atom. The molecule has 1 aromatic heterocycles. The van der Waals surface area contributed by atoms with Crippen LogP contribution in [0.25, 0.3) is 0 Å². The number of benzene rings is 1. The van der Waals surface area contributed by atoms with E-state index in [0.29, 0.717) is 12.1 Å². The molecule has 0 unspecified atom stereocenters. The Bertz CT molecular complexity index is 738. The molecule has 2 aliphatic rings. The summed E-state index contributed by atoms with van der Waals surface area (Å²) in [5.74, 6) is -0.0568. The van der Waals surface area contributed by atoms with Gasteiger partial charge >= 0.3 is 0 Å². The largest absolute Gasteiger partial charge is 0.371 e. The van der Waals surface area contributed by atoms with E-state index >= 15 is 0 Å². The van der Waals surface area contributed by atoms with E-state index in [-0.39, 0.29) is 18.5 Å². The van der Waals surface area contributed by atoms with Crippen LogP contribution >= 0.6 is 0 Å². The molecule has 0 bridgehead atoms. The van der Waals surface area contributed by atoms with E-state index in [9.17, 15) is 4.79 Å². The minimum atomic E-state index is -0.0568. The van der Waals surface area contributed by atoms with Crippen LogP contribution in [0.15, 0.2) is 30.6 Å². The molecule has 1 aliphatic carbocycles. The summed E-state index contributed by atoms with van der Waals surface area (Å²) in [5.41, 5.74) is 2.61. The fourth-order valence-corrected chi connectivity index (χ4v) is 3.88. The number of anilines is 1. The predicted octanol–water partition coefficient (Wildman–Crippen LogP) is 0.887. The van der Waals surface area contributed by atoms with Crippen LogP contribution in [0.5, 0.6) is 0 Å². The Hall–Kier alpha value is -2.48. The molecule has 2 fully saturated rings. The molecular weight excluding hydrogens is 342 g/mol. The summed E-state index contributed by atoms with van der Waals surface area (Å²) in [4.78, 5) is 15.9. The number of carbonyl (C=O) groups excluding carboxylic acids is 1. The average molecular weight is 369 g/mol. The van der Waals surface area contributed by atoms with Gasteiger partial charge in [-0.1, -0.05) is 17.7 Å². The van der Waals surface area contributed by atoms with Crippen LogP contribution in [0.4, 0.5) is 5.69 Å². The second-order valence-electron chi connectivity index (χ2n) is 7.59. The lowest BCUT2D eigenvalue weighted by Gasteiger charge is -2.42. The molecule has 27 heavy (non-hydrogen) atoms. The first-order valence-electron chi connectivity index (χ1n) is 9.75. The average Bonchev–Trinajstić information content (AvgIpc) is 3.17. The van der Waals surface area contributed by atoms with Gasteiger partial charge in [-0.05, 0) is 50.0 Å². The molecule has 1 aromatic carbocycles. The van der Waals surface area contributed by atoms with Crippen molar-refractivity contribution in [1.29, 1.82) is 0 Å². The van der Waals surface area contributed by atoms with E-state index in [1.165, 1.54) is 22.4 Å². The van der Waals surface area contributed by atoms with E-state index in [0.717, 1.165) is 38.8 Å². The SMILES string of the molecule is Cc1ccc(N2CCC(N[C@@H]3CC[C@@H]3NC(=O)Cn3ncnn3)CC2)cc1. The quantitative estimate of drug-likeness (QED) is 0.786. The summed E-state index contributed by atoms with van der Waals surface area (Å²) < 4.78 is 0. The van der Waals surface area contributed by atoms with Crippen LogP contribution in [0.3, 0.4) is 0 Å². The van der Waals surface area contributed by atoms with Gasteiger partial charge < -0.3 is 15.5 Å². The van der Waals surface area contributed by atoms with Gasteiger partial charge in [-0.3, -0.25) is 4.79 Å². The summed E-state index contributed by atoms with van der Waals surface area (Å²) in [6.07, 6.45) is 5.74. The van der Waals surface area contributed by atoms with Crippen molar-refractivity contribution in [2.75, 3.05) is 18.0 Å². The van der Waals surface area contributed by atoms with E-state index in [1.54, 1.807) is 0 Å². The molecule has 144 valence electrons. The van der Waals surface area contributed by atoms with Gasteiger partial charge in [0.1, 0.15) is 6.54 Å². The second kappa shape index (κ2) is 8.04. The fraction of sp³-hybridized carbons (Fsp3) is 0.579. The Balaban J connectivity index is 1.21. The van der Waals surface area contributed by atoms with Crippen LogP contribution in [0.1, 0.15) is 31.2 Å². The molecule has 2 N–H and O–H groups in total. The first-order chi connectivity index (χ1) is 13.2. The van der Waals surface area contributed by atoms with E-state index < -0.39 is 0 Å². The number of nitrogens with one attached hydrogen (secondary N) is 2. The maximum atomic E-state index is 12.1. The van der Waals surface area contributed by atoms with Crippen molar-refractivity contribution in [1.82, 2.24) is 30.8 Å². The minimum Gasteiger partial charge on any atom is -0.371 e. The maximum Gasteiger partial charge on any atom is 0.243 e. The summed E-state index contributed by atoms with van der Waals surface area (Å²) in [7, 11) is 0. The molecule has 0 radical (unpaired) electrons. The van der Waals surface area contributed by atoms with Crippen molar-refractivity contribution in [2.24, 2.45) is 0 Å². The number of tetrazole rings is 1. The normalized spacial score (nSPS) is 23.1. The lowest BCUT2D eigenvalue weighted by Crippen LogP contribution is -2.60. The van der Waals surface area contributed by atoms with Gasteiger partial charge in [0.15, 0.2) is 6.33 Å². The number of hydrogen-bond acceptors (Lipinski definition) is 6. The third kappa shape index (κ3) is 4.44. The Morgan fingerprint density at radius 3 is 2.48 bits per heavy atom. The lowest BCUT2D eigenvalue weighted by atomic mass is 9.85. The first kappa shape index (κ1) is 17.9. The summed E-state index contributed by atoms with van der Waals surface area (Å²) in [5, 5.41) is 18.1. The molecule has 1 aliphatic heterocycles. The van der Waals surface area contributed by atoms with Gasteiger partial charge in [-0.25, -0.2) is 0 Å².